The highest BCUT2D eigenvalue weighted by molar-refractivity contribution is 6.77. The highest BCUT2D eigenvalue weighted by Crippen LogP contribution is 2.42. The summed E-state index contributed by atoms with van der Waals surface area (Å²) < 4.78 is 18.4. The van der Waals surface area contributed by atoms with E-state index in [1.54, 1.807) is 0 Å². The van der Waals surface area contributed by atoms with Gasteiger partial charge in [-0.2, -0.15) is 0 Å². The smallest absolute Gasteiger partial charge is 0.200 e. The average molecular weight is 400 g/mol. The molecule has 0 aliphatic carbocycles. The van der Waals surface area contributed by atoms with E-state index in [4.69, 9.17) is 13.9 Å². The third kappa shape index (κ3) is 6.53. The molecule has 2 aliphatic heterocycles. The van der Waals surface area contributed by atoms with Gasteiger partial charge in [-0.15, -0.1) is 0 Å². The van der Waals surface area contributed by atoms with E-state index in [1.165, 1.54) is 32.1 Å². The average Bonchev–Trinajstić information content (AvgIpc) is 2.62. The Bertz CT molecular complexity index is 389. The molecule has 0 radical (unpaired) electrons. The molecule has 0 aromatic rings. The lowest BCUT2D eigenvalue weighted by Gasteiger charge is -2.44. The molecule has 0 bridgehead atoms. The van der Waals surface area contributed by atoms with Gasteiger partial charge in [-0.05, 0) is 55.1 Å². The lowest BCUT2D eigenvalue weighted by Crippen LogP contribution is -2.52. The Balaban J connectivity index is 1.77. The molecule has 0 aromatic carbocycles. The molecule has 4 nitrogen and oxygen atoms in total. The molecule has 5 heteroatoms. The van der Waals surface area contributed by atoms with Gasteiger partial charge in [0, 0.05) is 25.3 Å². The maximum absolute atomic E-state index is 6.83. The second kappa shape index (κ2) is 11.3. The van der Waals surface area contributed by atoms with Gasteiger partial charge in [-0.3, -0.25) is 0 Å². The van der Waals surface area contributed by atoms with Crippen molar-refractivity contribution in [2.45, 2.75) is 121 Å². The molecule has 27 heavy (non-hydrogen) atoms. The van der Waals surface area contributed by atoms with Gasteiger partial charge >= 0.3 is 0 Å². The summed E-state index contributed by atoms with van der Waals surface area (Å²) in [5.74, 6) is 0. The van der Waals surface area contributed by atoms with Crippen LogP contribution in [0.4, 0.5) is 0 Å². The van der Waals surface area contributed by atoms with Gasteiger partial charge in [0.25, 0.3) is 0 Å². The molecule has 3 atom stereocenters. The summed E-state index contributed by atoms with van der Waals surface area (Å²) >= 11 is 0. The van der Waals surface area contributed by atoms with Gasteiger partial charge in [-0.25, -0.2) is 0 Å². The highest BCUT2D eigenvalue weighted by Gasteiger charge is 2.45. The Morgan fingerprint density at radius 2 is 1.56 bits per heavy atom. The standard InChI is InChI=1S/C22H45NO3Si/c1-17(2)27(18(3)4,19(5)6)26-16-21-11-9-10-20(23-21)13-15-25-22-12-7-8-14-24-22/h17-23H,7-16H2,1-6H3. The first kappa shape index (κ1) is 23.3. The molecule has 0 spiro atoms. The summed E-state index contributed by atoms with van der Waals surface area (Å²) in [5.41, 5.74) is 1.96. The predicted molar refractivity (Wildman–Crippen MR) is 116 cm³/mol. The zero-order valence-electron chi connectivity index (χ0n) is 18.8. The molecule has 3 unspecified atom stereocenters. The topological polar surface area (TPSA) is 39.7 Å². The Morgan fingerprint density at radius 3 is 2.15 bits per heavy atom. The number of ether oxygens (including phenoxy) is 2. The molecule has 160 valence electrons. The molecular weight excluding hydrogens is 354 g/mol. The second-order valence-electron chi connectivity index (χ2n) is 9.58. The van der Waals surface area contributed by atoms with E-state index in [-0.39, 0.29) is 6.29 Å². The largest absolute Gasteiger partial charge is 0.414 e. The maximum atomic E-state index is 6.83. The van der Waals surface area contributed by atoms with Crippen LogP contribution in [0.1, 0.15) is 86.5 Å². The van der Waals surface area contributed by atoms with Crippen LogP contribution in [0, 0.1) is 0 Å². The van der Waals surface area contributed by atoms with Crippen molar-refractivity contribution in [2.24, 2.45) is 0 Å². The summed E-state index contributed by atoms with van der Waals surface area (Å²) in [5, 5.41) is 3.86. The van der Waals surface area contributed by atoms with Crippen molar-refractivity contribution in [3.05, 3.63) is 0 Å². The van der Waals surface area contributed by atoms with Crippen LogP contribution in [0.25, 0.3) is 0 Å². The molecule has 1 N–H and O–H groups in total. The Kier molecular flexibility index (Phi) is 9.76. The van der Waals surface area contributed by atoms with Gasteiger partial charge < -0.3 is 19.2 Å². The zero-order chi connectivity index (χ0) is 19.9. The Morgan fingerprint density at radius 1 is 0.889 bits per heavy atom. The Hall–Kier alpha value is 0.0569. The van der Waals surface area contributed by atoms with Crippen LogP contribution >= 0.6 is 0 Å². The molecule has 0 amide bonds. The van der Waals surface area contributed by atoms with E-state index in [2.05, 4.69) is 46.9 Å². The van der Waals surface area contributed by atoms with Gasteiger partial charge in [0.2, 0.25) is 0 Å². The van der Waals surface area contributed by atoms with Crippen LogP contribution in [-0.2, 0) is 13.9 Å². The predicted octanol–water partition coefficient (Wildman–Crippen LogP) is 5.62. The lowest BCUT2D eigenvalue weighted by molar-refractivity contribution is -0.163. The molecule has 2 aliphatic rings. The third-order valence-corrected chi connectivity index (χ3v) is 12.8. The van der Waals surface area contributed by atoms with Crippen molar-refractivity contribution in [1.82, 2.24) is 5.32 Å². The molecular formula is C22H45NO3Si. The summed E-state index contributed by atoms with van der Waals surface area (Å²) in [6.45, 7) is 16.8. The first-order valence-corrected chi connectivity index (χ1v) is 13.6. The third-order valence-electron chi connectivity index (χ3n) is 6.73. The number of rotatable bonds is 10. The van der Waals surface area contributed by atoms with Crippen LogP contribution in [0.3, 0.4) is 0 Å². The monoisotopic (exact) mass is 399 g/mol. The van der Waals surface area contributed by atoms with E-state index in [0.717, 1.165) is 32.7 Å². The van der Waals surface area contributed by atoms with Crippen LogP contribution < -0.4 is 5.32 Å². The SMILES string of the molecule is CC(C)[Si](OCC1CCCC(CCOC2CCCCO2)N1)(C(C)C)C(C)C. The molecule has 0 saturated carbocycles. The minimum atomic E-state index is -1.76. The van der Waals surface area contributed by atoms with E-state index < -0.39 is 8.32 Å². The second-order valence-corrected chi connectivity index (χ2v) is 15.0. The fraction of sp³-hybridized carbons (Fsp3) is 1.00. The van der Waals surface area contributed by atoms with Crippen molar-refractivity contribution in [2.75, 3.05) is 19.8 Å². The van der Waals surface area contributed by atoms with Gasteiger partial charge in [0.1, 0.15) is 0 Å². The van der Waals surface area contributed by atoms with Crippen molar-refractivity contribution in [1.29, 1.82) is 0 Å². The summed E-state index contributed by atoms with van der Waals surface area (Å²) in [4.78, 5) is 0. The Labute approximate surface area is 169 Å². The maximum Gasteiger partial charge on any atom is 0.200 e. The van der Waals surface area contributed by atoms with Gasteiger partial charge in [0.05, 0.1) is 6.61 Å². The van der Waals surface area contributed by atoms with Crippen molar-refractivity contribution < 1.29 is 13.9 Å². The summed E-state index contributed by atoms with van der Waals surface area (Å²) in [6, 6.07) is 1.06. The lowest BCUT2D eigenvalue weighted by atomic mass is 9.97. The van der Waals surface area contributed by atoms with Gasteiger partial charge in [-0.1, -0.05) is 48.0 Å². The summed E-state index contributed by atoms with van der Waals surface area (Å²) in [6.07, 6.45) is 8.38. The van der Waals surface area contributed by atoms with E-state index in [1.807, 2.05) is 0 Å². The van der Waals surface area contributed by atoms with E-state index in [9.17, 15) is 0 Å². The number of hydrogen-bond donors (Lipinski definition) is 1. The zero-order valence-corrected chi connectivity index (χ0v) is 19.8. The fourth-order valence-electron chi connectivity index (χ4n) is 5.40. The van der Waals surface area contributed by atoms with E-state index >= 15 is 0 Å². The molecule has 2 fully saturated rings. The fourth-order valence-corrected chi connectivity index (χ4v) is 10.9. The van der Waals surface area contributed by atoms with Crippen molar-refractivity contribution >= 4 is 8.32 Å². The van der Waals surface area contributed by atoms with Crippen LogP contribution in [-0.4, -0.2) is 46.5 Å². The molecule has 2 saturated heterocycles. The molecule has 2 rings (SSSR count). The van der Waals surface area contributed by atoms with Crippen molar-refractivity contribution in [3.8, 4) is 0 Å². The minimum Gasteiger partial charge on any atom is -0.414 e. The van der Waals surface area contributed by atoms with Crippen LogP contribution in [0.15, 0.2) is 0 Å². The number of hydrogen-bond acceptors (Lipinski definition) is 4. The quantitative estimate of drug-likeness (QED) is 0.484. The first-order valence-electron chi connectivity index (χ1n) is 11.5. The normalized spacial score (nSPS) is 27.7. The van der Waals surface area contributed by atoms with Gasteiger partial charge in [0.15, 0.2) is 14.6 Å². The van der Waals surface area contributed by atoms with E-state index in [0.29, 0.717) is 28.7 Å². The number of piperidine rings is 1. The van der Waals surface area contributed by atoms with Crippen molar-refractivity contribution in [3.63, 3.8) is 0 Å². The van der Waals surface area contributed by atoms with Crippen LogP contribution in [0.2, 0.25) is 16.6 Å². The number of nitrogens with one attached hydrogen (secondary N) is 1. The molecule has 0 aromatic heterocycles. The minimum absolute atomic E-state index is 0.0382. The highest BCUT2D eigenvalue weighted by atomic mass is 28.4. The van der Waals surface area contributed by atoms with Crippen LogP contribution in [0.5, 0.6) is 0 Å². The summed E-state index contributed by atoms with van der Waals surface area (Å²) in [7, 11) is -1.76. The first-order chi connectivity index (χ1) is 12.9. The molecule has 2 heterocycles.